The third kappa shape index (κ3) is 2.65. The zero-order valence-corrected chi connectivity index (χ0v) is 10.3. The average molecular weight is 255 g/mol. The molecule has 0 unspecified atom stereocenters. The monoisotopic (exact) mass is 254 g/mol. The lowest BCUT2D eigenvalue weighted by atomic mass is 10.4. The Morgan fingerprint density at radius 2 is 2.31 bits per heavy atom. The molecule has 0 atom stereocenters. The van der Waals surface area contributed by atoms with Crippen molar-refractivity contribution in [2.24, 2.45) is 0 Å². The van der Waals surface area contributed by atoms with Gasteiger partial charge in [-0.2, -0.15) is 0 Å². The van der Waals surface area contributed by atoms with Crippen LogP contribution in [0.3, 0.4) is 0 Å². The molecule has 0 aliphatic rings. The van der Waals surface area contributed by atoms with Crippen molar-refractivity contribution in [1.29, 1.82) is 0 Å². The molecule has 0 amide bonds. The third-order valence-corrected chi connectivity index (χ3v) is 3.28. The van der Waals surface area contributed by atoms with Gasteiger partial charge in [-0.1, -0.05) is 11.6 Å². The number of hydrogen-bond acceptors (Lipinski definition) is 4. The van der Waals surface area contributed by atoms with Gasteiger partial charge in [0.05, 0.1) is 17.1 Å². The molecular weight excluding hydrogens is 244 g/mol. The summed E-state index contributed by atoms with van der Waals surface area (Å²) < 4.78 is 5.94. The Hall–Kier alpha value is -1.26. The summed E-state index contributed by atoms with van der Waals surface area (Å²) in [5.41, 5.74) is 0.884. The van der Waals surface area contributed by atoms with Gasteiger partial charge in [0.1, 0.15) is 0 Å². The van der Waals surface area contributed by atoms with Crippen LogP contribution in [0.15, 0.2) is 30.5 Å². The largest absolute Gasteiger partial charge is 0.480 e. The molecule has 2 rings (SSSR count). The molecule has 2 aromatic rings. The van der Waals surface area contributed by atoms with E-state index in [9.17, 15) is 0 Å². The maximum Gasteiger partial charge on any atom is 0.237 e. The Kier molecular flexibility index (Phi) is 3.64. The van der Waals surface area contributed by atoms with Gasteiger partial charge in [0, 0.05) is 17.6 Å². The summed E-state index contributed by atoms with van der Waals surface area (Å²) in [5, 5.41) is 3.26. The van der Waals surface area contributed by atoms with Crippen LogP contribution >= 0.6 is 22.9 Å². The van der Waals surface area contributed by atoms with Gasteiger partial charge in [-0.15, -0.1) is 11.3 Å². The molecule has 0 fully saturated rings. The van der Waals surface area contributed by atoms with Crippen LogP contribution in [0.5, 0.6) is 5.88 Å². The van der Waals surface area contributed by atoms with Gasteiger partial charge in [-0.3, -0.25) is 0 Å². The molecule has 0 aromatic carbocycles. The Bertz CT molecular complexity index is 473. The number of thiophene rings is 1. The van der Waals surface area contributed by atoms with E-state index in [2.05, 4.69) is 10.3 Å². The zero-order chi connectivity index (χ0) is 11.4. The minimum Gasteiger partial charge on any atom is -0.480 e. The molecule has 3 nitrogen and oxygen atoms in total. The first-order valence-corrected chi connectivity index (χ1v) is 5.96. The second-order valence-electron chi connectivity index (χ2n) is 3.12. The summed E-state index contributed by atoms with van der Waals surface area (Å²) in [5.74, 6) is 0.602. The highest BCUT2D eigenvalue weighted by Gasteiger charge is 2.03. The lowest BCUT2D eigenvalue weighted by Crippen LogP contribution is -2.00. The van der Waals surface area contributed by atoms with Crippen molar-refractivity contribution in [2.75, 3.05) is 12.4 Å². The van der Waals surface area contributed by atoms with E-state index in [4.69, 9.17) is 16.3 Å². The molecule has 0 spiro atoms. The van der Waals surface area contributed by atoms with E-state index in [1.807, 2.05) is 24.3 Å². The van der Waals surface area contributed by atoms with E-state index >= 15 is 0 Å². The Labute approximate surface area is 103 Å². The van der Waals surface area contributed by atoms with Crippen molar-refractivity contribution in [3.05, 3.63) is 39.7 Å². The highest BCUT2D eigenvalue weighted by molar-refractivity contribution is 7.16. The summed E-state index contributed by atoms with van der Waals surface area (Å²) in [7, 11) is 1.61. The summed E-state index contributed by atoms with van der Waals surface area (Å²) in [6.45, 7) is 0.722. The Balaban J connectivity index is 2.04. The molecule has 0 bridgehead atoms. The first-order valence-electron chi connectivity index (χ1n) is 4.76. The van der Waals surface area contributed by atoms with Crippen LogP contribution in [0.25, 0.3) is 0 Å². The van der Waals surface area contributed by atoms with Gasteiger partial charge in [-0.25, -0.2) is 4.98 Å². The van der Waals surface area contributed by atoms with Gasteiger partial charge in [-0.05, 0) is 24.3 Å². The molecule has 1 N–H and O–H groups in total. The van der Waals surface area contributed by atoms with Crippen LogP contribution in [0.2, 0.25) is 4.34 Å². The maximum absolute atomic E-state index is 5.85. The number of halogens is 1. The SMILES string of the molecule is COc1ncccc1NCc1ccc(Cl)s1. The summed E-state index contributed by atoms with van der Waals surface area (Å²) >= 11 is 7.42. The minimum absolute atomic E-state index is 0.602. The molecule has 2 heterocycles. The van der Waals surface area contributed by atoms with Gasteiger partial charge >= 0.3 is 0 Å². The smallest absolute Gasteiger partial charge is 0.237 e. The van der Waals surface area contributed by atoms with Crippen molar-refractivity contribution in [1.82, 2.24) is 4.98 Å². The van der Waals surface area contributed by atoms with Gasteiger partial charge in [0.15, 0.2) is 0 Å². The van der Waals surface area contributed by atoms with Crippen LogP contribution in [0, 0.1) is 0 Å². The van der Waals surface area contributed by atoms with Crippen LogP contribution in [0.1, 0.15) is 4.88 Å². The highest BCUT2D eigenvalue weighted by atomic mass is 35.5. The predicted octanol–water partition coefficient (Wildman–Crippen LogP) is 3.42. The first kappa shape index (κ1) is 11.2. The standard InChI is InChI=1S/C11H11ClN2OS/c1-15-11-9(3-2-6-13-11)14-7-8-4-5-10(12)16-8/h2-6,14H,7H2,1H3. The summed E-state index contributed by atoms with van der Waals surface area (Å²) in [6, 6.07) is 7.69. The Morgan fingerprint density at radius 1 is 1.44 bits per heavy atom. The summed E-state index contributed by atoms with van der Waals surface area (Å²) in [4.78, 5) is 5.28. The molecule has 0 aliphatic heterocycles. The number of rotatable bonds is 4. The maximum atomic E-state index is 5.85. The topological polar surface area (TPSA) is 34.1 Å². The predicted molar refractivity (Wildman–Crippen MR) is 67.4 cm³/mol. The fourth-order valence-corrected chi connectivity index (χ4v) is 2.34. The van der Waals surface area contributed by atoms with E-state index in [0.717, 1.165) is 16.6 Å². The van der Waals surface area contributed by atoms with Crippen molar-refractivity contribution in [3.63, 3.8) is 0 Å². The number of aromatic nitrogens is 1. The van der Waals surface area contributed by atoms with E-state index < -0.39 is 0 Å². The molecule has 2 aromatic heterocycles. The van der Waals surface area contributed by atoms with Crippen molar-refractivity contribution >= 4 is 28.6 Å². The number of hydrogen-bond donors (Lipinski definition) is 1. The average Bonchev–Trinajstić information content (AvgIpc) is 2.73. The molecule has 84 valence electrons. The normalized spacial score (nSPS) is 10.1. The van der Waals surface area contributed by atoms with Gasteiger partial charge in [0.2, 0.25) is 5.88 Å². The number of nitrogens with one attached hydrogen (secondary N) is 1. The lowest BCUT2D eigenvalue weighted by Gasteiger charge is -2.08. The van der Waals surface area contributed by atoms with Crippen molar-refractivity contribution in [3.8, 4) is 5.88 Å². The zero-order valence-electron chi connectivity index (χ0n) is 8.74. The van der Waals surface area contributed by atoms with Crippen LogP contribution in [-0.2, 0) is 6.54 Å². The fraction of sp³-hybridized carbons (Fsp3) is 0.182. The third-order valence-electron chi connectivity index (χ3n) is 2.05. The molecule has 0 saturated carbocycles. The van der Waals surface area contributed by atoms with Crippen LogP contribution in [0.4, 0.5) is 5.69 Å². The molecule has 0 radical (unpaired) electrons. The second kappa shape index (κ2) is 5.18. The number of pyridine rings is 1. The second-order valence-corrected chi connectivity index (χ2v) is 4.92. The Morgan fingerprint density at radius 3 is 3.00 bits per heavy atom. The molecule has 0 saturated heterocycles. The number of nitrogens with zero attached hydrogens (tertiary/aromatic N) is 1. The quantitative estimate of drug-likeness (QED) is 0.908. The van der Waals surface area contributed by atoms with Gasteiger partial charge < -0.3 is 10.1 Å². The van der Waals surface area contributed by atoms with E-state index in [1.165, 1.54) is 4.88 Å². The minimum atomic E-state index is 0.602. The molecular formula is C11H11ClN2OS. The molecule has 16 heavy (non-hydrogen) atoms. The van der Waals surface area contributed by atoms with Crippen LogP contribution in [-0.4, -0.2) is 12.1 Å². The summed E-state index contributed by atoms with van der Waals surface area (Å²) in [6.07, 6.45) is 1.70. The number of methoxy groups -OCH3 is 1. The van der Waals surface area contributed by atoms with Crippen molar-refractivity contribution in [2.45, 2.75) is 6.54 Å². The van der Waals surface area contributed by atoms with Crippen molar-refractivity contribution < 1.29 is 4.74 Å². The molecule has 5 heteroatoms. The van der Waals surface area contributed by atoms with E-state index in [-0.39, 0.29) is 0 Å². The fourth-order valence-electron chi connectivity index (χ4n) is 1.32. The number of anilines is 1. The van der Waals surface area contributed by atoms with Gasteiger partial charge in [0.25, 0.3) is 0 Å². The first-order chi connectivity index (χ1) is 7.79. The lowest BCUT2D eigenvalue weighted by molar-refractivity contribution is 0.399. The van der Waals surface area contributed by atoms with Crippen LogP contribution < -0.4 is 10.1 Å². The highest BCUT2D eigenvalue weighted by Crippen LogP contribution is 2.24. The van der Waals surface area contributed by atoms with E-state index in [0.29, 0.717) is 5.88 Å². The number of ether oxygens (including phenoxy) is 1. The molecule has 0 aliphatic carbocycles. The van der Waals surface area contributed by atoms with E-state index in [1.54, 1.807) is 24.6 Å².